The Morgan fingerprint density at radius 2 is 1.77 bits per heavy atom. The maximum atomic E-state index is 13.1. The zero-order chi connectivity index (χ0) is 18.6. The highest BCUT2D eigenvalue weighted by Gasteiger charge is 2.33. The monoisotopic (exact) mass is 359 g/mol. The number of alkyl halides is 3. The number of anilines is 3. The minimum absolute atomic E-state index is 0.0590. The molecule has 0 amide bonds. The van der Waals surface area contributed by atoms with Crippen molar-refractivity contribution in [3.8, 4) is 0 Å². The third-order valence-corrected chi connectivity index (χ3v) is 3.53. The fourth-order valence-corrected chi connectivity index (χ4v) is 2.39. The lowest BCUT2D eigenvalue weighted by Gasteiger charge is -2.15. The molecule has 0 aliphatic carbocycles. The van der Waals surface area contributed by atoms with Crippen LogP contribution in [0.15, 0.2) is 54.9 Å². The minimum atomic E-state index is -4.45. The smallest absolute Gasteiger partial charge is 0.366 e. The molecule has 0 bridgehead atoms. The van der Waals surface area contributed by atoms with E-state index in [9.17, 15) is 13.2 Å². The van der Waals surface area contributed by atoms with E-state index in [4.69, 9.17) is 0 Å². The quantitative estimate of drug-likeness (QED) is 0.699. The molecule has 5 nitrogen and oxygen atoms in total. The van der Waals surface area contributed by atoms with Crippen LogP contribution >= 0.6 is 0 Å². The summed E-state index contributed by atoms with van der Waals surface area (Å²) in [6, 6.07) is 10.6. The summed E-state index contributed by atoms with van der Waals surface area (Å²) < 4.78 is 39.4. The summed E-state index contributed by atoms with van der Waals surface area (Å²) in [5, 5.41) is 5.85. The Kier molecular flexibility index (Phi) is 5.01. The molecule has 0 saturated carbocycles. The summed E-state index contributed by atoms with van der Waals surface area (Å²) in [7, 11) is 0. The molecule has 3 aromatic rings. The van der Waals surface area contributed by atoms with Crippen molar-refractivity contribution >= 4 is 17.3 Å². The van der Waals surface area contributed by atoms with Gasteiger partial charge in [-0.25, -0.2) is 9.97 Å². The fourth-order valence-electron chi connectivity index (χ4n) is 2.39. The van der Waals surface area contributed by atoms with Crippen LogP contribution in [0.25, 0.3) is 0 Å². The highest BCUT2D eigenvalue weighted by Crippen LogP contribution is 2.35. The van der Waals surface area contributed by atoms with E-state index in [1.807, 2.05) is 12.1 Å². The molecule has 0 radical (unpaired) electrons. The highest BCUT2D eigenvalue weighted by atomic mass is 19.4. The fraction of sp³-hybridized carbons (Fsp3) is 0.167. The van der Waals surface area contributed by atoms with Crippen LogP contribution in [-0.2, 0) is 12.7 Å². The Morgan fingerprint density at radius 3 is 2.50 bits per heavy atom. The summed E-state index contributed by atoms with van der Waals surface area (Å²) in [5.41, 5.74) is 0.151. The Hall–Kier alpha value is -3.16. The molecule has 0 atom stereocenters. The van der Waals surface area contributed by atoms with Crippen LogP contribution in [0.3, 0.4) is 0 Å². The first-order chi connectivity index (χ1) is 12.4. The largest absolute Gasteiger partial charge is 0.418 e. The van der Waals surface area contributed by atoms with Gasteiger partial charge in [0.15, 0.2) is 0 Å². The van der Waals surface area contributed by atoms with E-state index in [2.05, 4.69) is 25.6 Å². The lowest BCUT2D eigenvalue weighted by molar-refractivity contribution is -0.136. The van der Waals surface area contributed by atoms with Gasteiger partial charge in [-0.15, -0.1) is 0 Å². The van der Waals surface area contributed by atoms with Gasteiger partial charge in [0.1, 0.15) is 17.5 Å². The van der Waals surface area contributed by atoms with Crippen LogP contribution in [-0.4, -0.2) is 15.0 Å². The van der Waals surface area contributed by atoms with E-state index in [0.717, 1.165) is 11.6 Å². The Bertz CT molecular complexity index is 881. The number of nitrogens with zero attached hydrogens (tertiary/aromatic N) is 3. The van der Waals surface area contributed by atoms with Crippen molar-refractivity contribution in [2.75, 3.05) is 10.6 Å². The van der Waals surface area contributed by atoms with E-state index in [1.54, 1.807) is 25.4 Å². The van der Waals surface area contributed by atoms with Crippen LogP contribution in [0.2, 0.25) is 0 Å². The first kappa shape index (κ1) is 17.7. The van der Waals surface area contributed by atoms with E-state index in [0.29, 0.717) is 18.2 Å². The molecule has 0 aliphatic heterocycles. The topological polar surface area (TPSA) is 62.7 Å². The Labute approximate surface area is 148 Å². The average molecular weight is 359 g/mol. The van der Waals surface area contributed by atoms with E-state index >= 15 is 0 Å². The Morgan fingerprint density at radius 1 is 1.00 bits per heavy atom. The van der Waals surface area contributed by atoms with Gasteiger partial charge >= 0.3 is 6.18 Å². The van der Waals surface area contributed by atoms with E-state index in [-0.39, 0.29) is 11.5 Å². The van der Waals surface area contributed by atoms with Crippen LogP contribution in [0.4, 0.5) is 30.5 Å². The number of benzene rings is 1. The van der Waals surface area contributed by atoms with Crippen molar-refractivity contribution in [3.05, 3.63) is 71.8 Å². The summed E-state index contributed by atoms with van der Waals surface area (Å²) >= 11 is 0. The van der Waals surface area contributed by atoms with Crippen molar-refractivity contribution in [2.24, 2.45) is 0 Å². The molecule has 26 heavy (non-hydrogen) atoms. The molecule has 2 N–H and O–H groups in total. The van der Waals surface area contributed by atoms with Crippen molar-refractivity contribution < 1.29 is 13.2 Å². The number of nitrogens with one attached hydrogen (secondary N) is 2. The summed E-state index contributed by atoms with van der Waals surface area (Å²) in [5.74, 6) is 1.23. The number of para-hydroxylation sites is 1. The van der Waals surface area contributed by atoms with E-state index in [1.165, 1.54) is 18.2 Å². The molecule has 8 heteroatoms. The molecule has 2 aromatic heterocycles. The van der Waals surface area contributed by atoms with Crippen LogP contribution in [0.1, 0.15) is 17.0 Å². The second-order valence-corrected chi connectivity index (χ2v) is 5.57. The third-order valence-electron chi connectivity index (χ3n) is 3.53. The molecule has 1 aromatic carbocycles. The highest BCUT2D eigenvalue weighted by molar-refractivity contribution is 5.63. The van der Waals surface area contributed by atoms with Crippen LogP contribution in [0.5, 0.6) is 0 Å². The first-order valence-corrected chi connectivity index (χ1v) is 7.83. The second kappa shape index (κ2) is 7.38. The molecular weight excluding hydrogens is 343 g/mol. The molecule has 0 aliphatic rings. The lowest BCUT2D eigenvalue weighted by Crippen LogP contribution is -2.10. The maximum absolute atomic E-state index is 13.1. The zero-order valence-corrected chi connectivity index (χ0v) is 13.9. The zero-order valence-electron chi connectivity index (χ0n) is 13.9. The van der Waals surface area contributed by atoms with Crippen LogP contribution < -0.4 is 10.6 Å². The molecule has 0 fully saturated rings. The van der Waals surface area contributed by atoms with Gasteiger partial charge in [-0.2, -0.15) is 13.2 Å². The SMILES string of the molecule is Cc1nc(NCc2cccnc2)cc(Nc2ccccc2C(F)(F)F)n1. The van der Waals surface area contributed by atoms with Gasteiger partial charge in [-0.3, -0.25) is 4.98 Å². The summed E-state index contributed by atoms with van der Waals surface area (Å²) in [4.78, 5) is 12.5. The maximum Gasteiger partial charge on any atom is 0.418 e. The van der Waals surface area contributed by atoms with Gasteiger partial charge < -0.3 is 10.6 Å². The number of aryl methyl sites for hydroxylation is 1. The first-order valence-electron chi connectivity index (χ1n) is 7.83. The number of aromatic nitrogens is 3. The number of rotatable bonds is 5. The molecule has 134 valence electrons. The lowest BCUT2D eigenvalue weighted by atomic mass is 10.1. The van der Waals surface area contributed by atoms with Crippen molar-refractivity contribution in [1.29, 1.82) is 0 Å². The molecule has 0 saturated heterocycles. The normalized spacial score (nSPS) is 11.2. The van der Waals surface area contributed by atoms with Crippen molar-refractivity contribution in [3.63, 3.8) is 0 Å². The number of hydrogen-bond acceptors (Lipinski definition) is 5. The number of halogens is 3. The number of pyridine rings is 1. The van der Waals surface area contributed by atoms with Crippen molar-refractivity contribution in [2.45, 2.75) is 19.6 Å². The minimum Gasteiger partial charge on any atom is -0.366 e. The van der Waals surface area contributed by atoms with Gasteiger partial charge in [-0.1, -0.05) is 18.2 Å². The molecule has 0 spiro atoms. The average Bonchev–Trinajstić information content (AvgIpc) is 2.60. The predicted octanol–water partition coefficient (Wildman–Crippen LogP) is 4.55. The van der Waals surface area contributed by atoms with Gasteiger partial charge in [-0.05, 0) is 30.7 Å². The third kappa shape index (κ3) is 4.47. The van der Waals surface area contributed by atoms with Gasteiger partial charge in [0.05, 0.1) is 11.3 Å². The van der Waals surface area contributed by atoms with E-state index < -0.39 is 11.7 Å². The van der Waals surface area contributed by atoms with Crippen LogP contribution in [0, 0.1) is 6.92 Å². The second-order valence-electron chi connectivity index (χ2n) is 5.57. The molecule has 0 unspecified atom stereocenters. The van der Waals surface area contributed by atoms with Gasteiger partial charge in [0.2, 0.25) is 0 Å². The Balaban J connectivity index is 1.80. The van der Waals surface area contributed by atoms with Gasteiger partial charge in [0.25, 0.3) is 0 Å². The van der Waals surface area contributed by atoms with Crippen molar-refractivity contribution in [1.82, 2.24) is 15.0 Å². The standard InChI is InChI=1S/C18H16F3N5/c1-12-24-16(23-11-13-5-4-8-22-10-13)9-17(25-12)26-15-7-3-2-6-14(15)18(19,20)21/h2-10H,11H2,1H3,(H2,23,24,25,26). The molecular formula is C18H16F3N5. The predicted molar refractivity (Wildman–Crippen MR) is 93.1 cm³/mol. The summed E-state index contributed by atoms with van der Waals surface area (Å²) in [6.07, 6.45) is -1.05. The molecule has 2 heterocycles. The summed E-state index contributed by atoms with van der Waals surface area (Å²) in [6.45, 7) is 2.17. The van der Waals surface area contributed by atoms with Gasteiger partial charge in [0, 0.05) is 25.0 Å². The molecule has 3 rings (SSSR count). The number of hydrogen-bond donors (Lipinski definition) is 2.